The lowest BCUT2D eigenvalue weighted by molar-refractivity contribution is 0.260. The lowest BCUT2D eigenvalue weighted by atomic mass is 10.1. The van der Waals surface area contributed by atoms with E-state index in [9.17, 15) is 25.6 Å². The number of aromatic amines is 2. The van der Waals surface area contributed by atoms with Gasteiger partial charge in [0.15, 0.2) is 0 Å². The first kappa shape index (κ1) is 37.0. The SMILES string of the molecule is CC(C)S(=O)(=O)N1CCC(n2cc(-c3c[nH]c4cc(F)ccc34)cn2)CC1.CCS(=O)(=O)N1CCC(n2cc(-c3c[nH]c4cc(F)ccc34)cn2)CC1. The first-order chi connectivity index (χ1) is 25.3. The van der Waals surface area contributed by atoms with Gasteiger partial charge in [0, 0.05) is 95.0 Å². The Morgan fingerprint density at radius 1 is 0.717 bits per heavy atom. The van der Waals surface area contributed by atoms with E-state index in [1.54, 1.807) is 47.7 Å². The minimum Gasteiger partial charge on any atom is -0.360 e. The Kier molecular flexibility index (Phi) is 10.3. The second-order valence-corrected chi connectivity index (χ2v) is 18.7. The van der Waals surface area contributed by atoms with Crippen molar-refractivity contribution in [2.45, 2.75) is 63.8 Å². The number of piperidine rings is 2. The van der Waals surface area contributed by atoms with Crippen molar-refractivity contribution in [3.05, 3.63) is 85.2 Å². The summed E-state index contributed by atoms with van der Waals surface area (Å²) in [5, 5.41) is 10.5. The molecule has 53 heavy (non-hydrogen) atoms. The molecule has 2 saturated heterocycles. The summed E-state index contributed by atoms with van der Waals surface area (Å²) in [6, 6.07) is 9.77. The van der Waals surface area contributed by atoms with Gasteiger partial charge in [0.05, 0.1) is 35.5 Å². The van der Waals surface area contributed by atoms with E-state index in [2.05, 4.69) is 20.2 Å². The predicted molar refractivity (Wildman–Crippen MR) is 202 cm³/mol. The number of H-pyrrole nitrogens is 2. The number of nitrogens with zero attached hydrogens (tertiary/aromatic N) is 6. The number of aromatic nitrogens is 6. The van der Waals surface area contributed by atoms with E-state index in [0.717, 1.165) is 69.7 Å². The third-order valence-corrected chi connectivity index (χ3v) is 14.6. The molecule has 0 atom stereocenters. The molecule has 2 aliphatic rings. The molecule has 4 aromatic heterocycles. The molecule has 6 heterocycles. The van der Waals surface area contributed by atoms with Crippen LogP contribution in [0.3, 0.4) is 0 Å². The summed E-state index contributed by atoms with van der Waals surface area (Å²) in [5.74, 6) is -0.393. The summed E-state index contributed by atoms with van der Waals surface area (Å²) in [7, 11) is -6.31. The topological polar surface area (TPSA) is 142 Å². The van der Waals surface area contributed by atoms with E-state index >= 15 is 0 Å². The van der Waals surface area contributed by atoms with Gasteiger partial charge in [-0.2, -0.15) is 10.2 Å². The second kappa shape index (κ2) is 14.8. The molecule has 2 fully saturated rings. The van der Waals surface area contributed by atoms with Crippen molar-refractivity contribution in [1.82, 2.24) is 38.1 Å². The number of hydrogen-bond donors (Lipinski definition) is 2. The number of rotatable bonds is 8. The van der Waals surface area contributed by atoms with Gasteiger partial charge in [-0.25, -0.2) is 34.2 Å². The number of nitrogens with one attached hydrogen (secondary N) is 2. The van der Waals surface area contributed by atoms with Crippen LogP contribution in [0.5, 0.6) is 0 Å². The van der Waals surface area contributed by atoms with Gasteiger partial charge in [0.1, 0.15) is 11.6 Å². The average Bonchev–Trinajstić information content (AvgIpc) is 3.98. The molecule has 2 N–H and O–H groups in total. The van der Waals surface area contributed by atoms with Gasteiger partial charge in [0.25, 0.3) is 0 Å². The highest BCUT2D eigenvalue weighted by molar-refractivity contribution is 7.89. The number of halogens is 2. The summed E-state index contributed by atoms with van der Waals surface area (Å²) in [6.45, 7) is 7.21. The van der Waals surface area contributed by atoms with E-state index in [4.69, 9.17) is 0 Å². The van der Waals surface area contributed by atoms with Crippen molar-refractivity contribution < 1.29 is 25.6 Å². The summed E-state index contributed by atoms with van der Waals surface area (Å²) < 4.78 is 82.3. The second-order valence-electron chi connectivity index (χ2n) is 14.0. The zero-order valence-corrected chi connectivity index (χ0v) is 31.5. The molecular formula is C37H44F2N8O4S2. The third-order valence-electron chi connectivity index (χ3n) is 10.4. The molecule has 6 aromatic rings. The number of benzene rings is 2. The summed E-state index contributed by atoms with van der Waals surface area (Å²) in [4.78, 5) is 6.19. The predicted octanol–water partition coefficient (Wildman–Crippen LogP) is 6.70. The lowest BCUT2D eigenvalue weighted by Gasteiger charge is -2.32. The summed E-state index contributed by atoms with van der Waals surface area (Å²) >= 11 is 0. The summed E-state index contributed by atoms with van der Waals surface area (Å²) in [5.41, 5.74) is 5.40. The molecule has 0 unspecified atom stereocenters. The van der Waals surface area contributed by atoms with E-state index in [-0.39, 0.29) is 29.5 Å². The van der Waals surface area contributed by atoms with Crippen molar-refractivity contribution in [2.75, 3.05) is 31.9 Å². The molecule has 2 aliphatic heterocycles. The smallest absolute Gasteiger partial charge is 0.216 e. The normalized spacial score (nSPS) is 17.2. The molecular weight excluding hydrogens is 723 g/mol. The van der Waals surface area contributed by atoms with Crippen molar-refractivity contribution in [3.63, 3.8) is 0 Å². The fraction of sp³-hybridized carbons (Fsp3) is 0.405. The van der Waals surface area contributed by atoms with Crippen molar-refractivity contribution >= 4 is 41.9 Å². The maximum atomic E-state index is 13.4. The van der Waals surface area contributed by atoms with Crippen molar-refractivity contribution in [2.24, 2.45) is 0 Å². The van der Waals surface area contributed by atoms with Crippen molar-refractivity contribution in [1.29, 1.82) is 0 Å². The van der Waals surface area contributed by atoms with Gasteiger partial charge in [-0.1, -0.05) is 0 Å². The monoisotopic (exact) mass is 766 g/mol. The molecule has 16 heteroatoms. The first-order valence-electron chi connectivity index (χ1n) is 17.9. The van der Waals surface area contributed by atoms with Crippen LogP contribution in [-0.2, 0) is 20.0 Å². The number of fused-ring (bicyclic) bond motifs is 2. The van der Waals surface area contributed by atoms with Gasteiger partial charge in [-0.05, 0) is 82.9 Å². The first-order valence-corrected chi connectivity index (χ1v) is 21.0. The molecule has 0 bridgehead atoms. The molecule has 0 saturated carbocycles. The number of sulfonamides is 2. The Morgan fingerprint density at radius 3 is 1.57 bits per heavy atom. The molecule has 0 spiro atoms. The minimum absolute atomic E-state index is 0.144. The van der Waals surface area contributed by atoms with Gasteiger partial charge in [-0.15, -0.1) is 0 Å². The molecule has 0 aliphatic carbocycles. The van der Waals surface area contributed by atoms with Gasteiger partial charge >= 0.3 is 0 Å². The van der Waals surface area contributed by atoms with Gasteiger partial charge < -0.3 is 9.97 Å². The highest BCUT2D eigenvalue weighted by atomic mass is 32.2. The van der Waals surface area contributed by atoms with Crippen LogP contribution in [0.1, 0.15) is 58.5 Å². The van der Waals surface area contributed by atoms with Crippen LogP contribution in [0.4, 0.5) is 8.78 Å². The highest BCUT2D eigenvalue weighted by Crippen LogP contribution is 2.33. The molecule has 0 radical (unpaired) electrons. The van der Waals surface area contributed by atoms with E-state index < -0.39 is 25.3 Å². The molecule has 2 aromatic carbocycles. The fourth-order valence-electron chi connectivity index (χ4n) is 7.25. The standard InChI is InChI=1S/C19H23FN4O2S.C18H21FN4O2S/c1-13(2)27(25,26)23-7-5-16(6-8-23)24-12-14(10-22-24)18-11-21-19-9-15(20)3-4-17(18)19;1-2-26(24,25)22-7-5-15(6-8-22)23-12-13(10-21-23)17-11-20-18-9-14(19)3-4-16(17)18/h3-4,9-13,16,21H,5-8H2,1-2H3;3-4,9-12,15,20H,2,5-8H2,1H3. The van der Waals surface area contributed by atoms with Crippen LogP contribution in [0.25, 0.3) is 44.1 Å². The van der Waals surface area contributed by atoms with Crippen molar-refractivity contribution in [3.8, 4) is 22.3 Å². The Labute approximate surface area is 307 Å². The van der Waals surface area contributed by atoms with Crippen LogP contribution in [0, 0.1) is 11.6 Å². The van der Waals surface area contributed by atoms with Gasteiger partial charge in [0.2, 0.25) is 20.0 Å². The Bertz CT molecular complexity index is 2440. The van der Waals surface area contributed by atoms with E-state index in [1.165, 1.54) is 24.3 Å². The maximum absolute atomic E-state index is 13.4. The van der Waals surface area contributed by atoms with Crippen LogP contribution in [0.15, 0.2) is 73.6 Å². The summed E-state index contributed by atoms with van der Waals surface area (Å²) in [6.07, 6.45) is 14.3. The quantitative estimate of drug-likeness (QED) is 0.177. The molecule has 0 amide bonds. The largest absolute Gasteiger partial charge is 0.360 e. The van der Waals surface area contributed by atoms with E-state index in [0.29, 0.717) is 26.2 Å². The van der Waals surface area contributed by atoms with Crippen LogP contribution >= 0.6 is 0 Å². The average molecular weight is 767 g/mol. The Hall–Kier alpha value is -4.38. The minimum atomic E-state index is -3.19. The van der Waals surface area contributed by atoms with Crippen LogP contribution in [-0.4, -0.2) is 92.2 Å². The Balaban J connectivity index is 0.000000164. The number of hydrogen-bond acceptors (Lipinski definition) is 6. The molecule has 282 valence electrons. The fourth-order valence-corrected chi connectivity index (χ4v) is 9.70. The third kappa shape index (κ3) is 7.54. The van der Waals surface area contributed by atoms with Crippen LogP contribution < -0.4 is 0 Å². The molecule has 8 rings (SSSR count). The highest BCUT2D eigenvalue weighted by Gasteiger charge is 2.31. The zero-order chi connectivity index (χ0) is 37.5. The van der Waals surface area contributed by atoms with Crippen LogP contribution in [0.2, 0.25) is 0 Å². The zero-order valence-electron chi connectivity index (χ0n) is 29.9. The van der Waals surface area contributed by atoms with Gasteiger partial charge in [-0.3, -0.25) is 9.36 Å². The Morgan fingerprint density at radius 2 is 1.15 bits per heavy atom. The molecule has 12 nitrogen and oxygen atoms in total. The maximum Gasteiger partial charge on any atom is 0.216 e. The van der Waals surface area contributed by atoms with E-state index in [1.807, 2.05) is 40.3 Å². The lowest BCUT2D eigenvalue weighted by Crippen LogP contribution is -2.42.